The Kier molecular flexibility index (Phi) is 5.54. The summed E-state index contributed by atoms with van der Waals surface area (Å²) >= 11 is 0. The van der Waals surface area contributed by atoms with Crippen molar-refractivity contribution in [2.75, 3.05) is 34.0 Å². The fraction of sp³-hybridized carbons (Fsp3) is 0.375. The lowest BCUT2D eigenvalue weighted by atomic mass is 9.86. The number of Topliss-reactive ketones (excluding diaryl/α,β-unsaturated/α-hetero) is 1. The van der Waals surface area contributed by atoms with Crippen LogP contribution in [0.3, 0.4) is 0 Å². The molecule has 164 valence electrons. The van der Waals surface area contributed by atoms with Crippen LogP contribution in [0.2, 0.25) is 0 Å². The van der Waals surface area contributed by atoms with Gasteiger partial charge in [-0.15, -0.1) is 0 Å². The SMILES string of the molecule is CCOc1cc(OC)c(OC)cc1[C@H]1COc2c(ccc3c2C=CC(C)(CO)O3)C1=O. The molecular formula is C24H26O7. The highest BCUT2D eigenvalue weighted by Crippen LogP contribution is 2.45. The van der Waals surface area contributed by atoms with E-state index in [1.54, 1.807) is 51.5 Å². The van der Waals surface area contributed by atoms with Crippen LogP contribution in [0, 0.1) is 0 Å². The van der Waals surface area contributed by atoms with E-state index in [0.717, 1.165) is 0 Å². The van der Waals surface area contributed by atoms with Crippen molar-refractivity contribution < 1.29 is 33.6 Å². The molecule has 0 aliphatic carbocycles. The Bertz CT molecular complexity index is 1040. The summed E-state index contributed by atoms with van der Waals surface area (Å²) in [5.41, 5.74) is 1.07. The molecular weight excluding hydrogens is 400 g/mol. The van der Waals surface area contributed by atoms with Crippen molar-refractivity contribution in [2.24, 2.45) is 0 Å². The minimum absolute atomic E-state index is 0.0684. The van der Waals surface area contributed by atoms with Crippen LogP contribution in [0.15, 0.2) is 30.3 Å². The summed E-state index contributed by atoms with van der Waals surface area (Å²) in [4.78, 5) is 13.5. The molecule has 0 fully saturated rings. The number of hydrogen-bond donors (Lipinski definition) is 1. The van der Waals surface area contributed by atoms with Gasteiger partial charge in [0.25, 0.3) is 0 Å². The van der Waals surface area contributed by atoms with Crippen LogP contribution in [-0.4, -0.2) is 50.5 Å². The zero-order valence-corrected chi connectivity index (χ0v) is 18.1. The molecule has 2 aromatic rings. The second-order valence-electron chi connectivity index (χ2n) is 7.67. The minimum atomic E-state index is -0.797. The third kappa shape index (κ3) is 3.59. The van der Waals surface area contributed by atoms with Gasteiger partial charge in [0.1, 0.15) is 29.5 Å². The number of carbonyl (C=O) groups excluding carboxylic acids is 1. The Morgan fingerprint density at radius 3 is 2.58 bits per heavy atom. The van der Waals surface area contributed by atoms with Crippen molar-refractivity contribution >= 4 is 11.9 Å². The predicted octanol–water partition coefficient (Wildman–Crippen LogP) is 3.62. The monoisotopic (exact) mass is 426 g/mol. The zero-order valence-electron chi connectivity index (χ0n) is 18.1. The number of aliphatic hydroxyl groups excluding tert-OH is 1. The number of benzene rings is 2. The maximum absolute atomic E-state index is 13.5. The largest absolute Gasteiger partial charge is 0.493 e. The number of fused-ring (bicyclic) bond motifs is 3. The van der Waals surface area contributed by atoms with Crippen LogP contribution in [-0.2, 0) is 0 Å². The molecule has 0 amide bonds. The number of aliphatic hydroxyl groups is 1. The summed E-state index contributed by atoms with van der Waals surface area (Å²) in [6.07, 6.45) is 3.61. The first-order chi connectivity index (χ1) is 14.9. The second kappa shape index (κ2) is 8.15. The quantitative estimate of drug-likeness (QED) is 0.755. The topological polar surface area (TPSA) is 83.5 Å². The lowest BCUT2D eigenvalue weighted by molar-refractivity contribution is 0.0634. The standard InChI is InChI=1S/C24H26O7/c1-5-29-19-11-21(28-4)20(27-3)10-16(19)17-12-30-23-14-8-9-24(2,13-25)31-18(14)7-6-15(23)22(17)26/h6-11,17,25H,5,12-13H2,1-4H3/t17-,24?/m1/s1. The van der Waals surface area contributed by atoms with Crippen molar-refractivity contribution in [3.05, 3.63) is 47.0 Å². The van der Waals surface area contributed by atoms with E-state index in [1.807, 2.05) is 13.0 Å². The zero-order chi connectivity index (χ0) is 22.2. The molecule has 0 saturated heterocycles. The van der Waals surface area contributed by atoms with E-state index in [-0.39, 0.29) is 19.0 Å². The van der Waals surface area contributed by atoms with Gasteiger partial charge in [-0.1, -0.05) is 0 Å². The third-order valence-electron chi connectivity index (χ3n) is 5.58. The van der Waals surface area contributed by atoms with Gasteiger partial charge in [0.05, 0.1) is 44.5 Å². The molecule has 2 heterocycles. The molecule has 4 rings (SSSR count). The summed E-state index contributed by atoms with van der Waals surface area (Å²) in [6.45, 7) is 4.12. The average molecular weight is 426 g/mol. The van der Waals surface area contributed by atoms with E-state index in [1.165, 1.54) is 0 Å². The molecule has 31 heavy (non-hydrogen) atoms. The third-order valence-corrected chi connectivity index (χ3v) is 5.58. The number of hydrogen-bond acceptors (Lipinski definition) is 7. The maximum Gasteiger partial charge on any atom is 0.177 e. The molecule has 0 bridgehead atoms. The van der Waals surface area contributed by atoms with Crippen LogP contribution < -0.4 is 23.7 Å². The van der Waals surface area contributed by atoms with E-state index in [9.17, 15) is 9.90 Å². The number of rotatable bonds is 6. The lowest BCUT2D eigenvalue weighted by Gasteiger charge is -2.33. The van der Waals surface area contributed by atoms with E-state index in [4.69, 9.17) is 23.7 Å². The van der Waals surface area contributed by atoms with Crippen LogP contribution in [0.4, 0.5) is 0 Å². The summed E-state index contributed by atoms with van der Waals surface area (Å²) in [6, 6.07) is 6.96. The second-order valence-corrected chi connectivity index (χ2v) is 7.67. The van der Waals surface area contributed by atoms with Crippen LogP contribution in [0.5, 0.6) is 28.7 Å². The van der Waals surface area contributed by atoms with Gasteiger partial charge in [0.2, 0.25) is 0 Å². The number of ketones is 1. The van der Waals surface area contributed by atoms with Gasteiger partial charge in [0, 0.05) is 11.6 Å². The predicted molar refractivity (Wildman–Crippen MR) is 115 cm³/mol. The molecule has 0 radical (unpaired) electrons. The molecule has 2 aromatic carbocycles. The number of methoxy groups -OCH3 is 2. The van der Waals surface area contributed by atoms with Crippen molar-refractivity contribution in [3.63, 3.8) is 0 Å². The fourth-order valence-corrected chi connectivity index (χ4v) is 3.90. The summed E-state index contributed by atoms with van der Waals surface area (Å²) in [5.74, 6) is 2.06. The molecule has 1 N–H and O–H groups in total. The summed E-state index contributed by atoms with van der Waals surface area (Å²) in [5, 5.41) is 9.57. The van der Waals surface area contributed by atoms with Crippen LogP contribution in [0.1, 0.15) is 41.3 Å². The summed E-state index contributed by atoms with van der Waals surface area (Å²) in [7, 11) is 3.11. The Balaban J connectivity index is 1.74. The van der Waals surface area contributed by atoms with Gasteiger partial charge >= 0.3 is 0 Å². The average Bonchev–Trinajstić information content (AvgIpc) is 2.79. The molecule has 2 aliphatic heterocycles. The molecule has 1 unspecified atom stereocenters. The van der Waals surface area contributed by atoms with Crippen molar-refractivity contribution in [2.45, 2.75) is 25.4 Å². The first-order valence-electron chi connectivity index (χ1n) is 10.2. The highest BCUT2D eigenvalue weighted by Gasteiger charge is 2.37. The lowest BCUT2D eigenvalue weighted by Crippen LogP contribution is -2.36. The van der Waals surface area contributed by atoms with Gasteiger partial charge in [-0.25, -0.2) is 0 Å². The minimum Gasteiger partial charge on any atom is -0.493 e. The number of carbonyl (C=O) groups is 1. The fourth-order valence-electron chi connectivity index (χ4n) is 3.90. The summed E-state index contributed by atoms with van der Waals surface area (Å²) < 4.78 is 28.6. The van der Waals surface area contributed by atoms with Gasteiger partial charge in [0.15, 0.2) is 17.3 Å². The highest BCUT2D eigenvalue weighted by atomic mass is 16.5. The molecule has 2 aliphatic rings. The maximum atomic E-state index is 13.5. The van der Waals surface area contributed by atoms with E-state index < -0.39 is 11.5 Å². The smallest absolute Gasteiger partial charge is 0.177 e. The van der Waals surface area contributed by atoms with Crippen LogP contribution >= 0.6 is 0 Å². The van der Waals surface area contributed by atoms with Gasteiger partial charge in [-0.3, -0.25) is 4.79 Å². The Hall–Kier alpha value is -3.19. The van der Waals surface area contributed by atoms with Gasteiger partial charge < -0.3 is 28.8 Å². The Morgan fingerprint density at radius 1 is 1.16 bits per heavy atom. The van der Waals surface area contributed by atoms with Crippen LogP contribution in [0.25, 0.3) is 6.08 Å². The van der Waals surface area contributed by atoms with Gasteiger partial charge in [-0.2, -0.15) is 0 Å². The highest BCUT2D eigenvalue weighted by molar-refractivity contribution is 6.06. The van der Waals surface area contributed by atoms with Crippen molar-refractivity contribution in [1.29, 1.82) is 0 Å². The van der Waals surface area contributed by atoms with E-state index in [2.05, 4.69) is 0 Å². The first-order valence-corrected chi connectivity index (χ1v) is 10.2. The first kappa shape index (κ1) is 21.1. The molecule has 2 atom stereocenters. The normalized spacial score (nSPS) is 21.5. The molecule has 0 saturated carbocycles. The van der Waals surface area contributed by atoms with E-state index >= 15 is 0 Å². The molecule has 0 spiro atoms. The van der Waals surface area contributed by atoms with Crippen molar-refractivity contribution in [1.82, 2.24) is 0 Å². The van der Waals surface area contributed by atoms with Crippen molar-refractivity contribution in [3.8, 4) is 28.7 Å². The Morgan fingerprint density at radius 2 is 1.90 bits per heavy atom. The van der Waals surface area contributed by atoms with E-state index in [0.29, 0.717) is 52.0 Å². The Labute approximate surface area is 181 Å². The molecule has 7 heteroatoms. The molecule has 0 aromatic heterocycles. The number of ether oxygens (including phenoxy) is 5. The van der Waals surface area contributed by atoms with Gasteiger partial charge in [-0.05, 0) is 44.2 Å². The molecule has 7 nitrogen and oxygen atoms in total.